The molecule has 0 atom stereocenters. The van der Waals surface area contributed by atoms with Crippen LogP contribution in [0.15, 0.2) is 115 Å². The standard InChI is InChI=1S/C18H15P.C8H9NO3/c1-4-10-16(11-5-1)19(17-12-6-2-7-13-17)18-14-8-3-9-15-18;10-6-5-7-1-3-8(4-2-7)9(11)12/h1-15H;1-4,10H,5-6H2. The minimum Gasteiger partial charge on any atom is -0.396 e. The average Bonchev–Trinajstić information content (AvgIpc) is 2.82. The number of nitro groups is 1. The van der Waals surface area contributed by atoms with E-state index in [2.05, 4.69) is 91.0 Å². The SMILES string of the molecule is O=[N+]([O-])c1ccc(CCO)cc1.c1ccc(P(c2ccccc2)c2ccccc2)cc1. The molecule has 31 heavy (non-hydrogen) atoms. The van der Waals surface area contributed by atoms with Gasteiger partial charge >= 0.3 is 0 Å². The first-order valence-corrected chi connectivity index (χ1v) is 11.3. The summed E-state index contributed by atoms with van der Waals surface area (Å²) < 4.78 is 0. The second-order valence-electron chi connectivity index (χ2n) is 6.74. The van der Waals surface area contributed by atoms with Crippen molar-refractivity contribution in [3.63, 3.8) is 0 Å². The number of rotatable bonds is 6. The van der Waals surface area contributed by atoms with Gasteiger partial charge in [-0.05, 0) is 35.8 Å². The van der Waals surface area contributed by atoms with E-state index in [1.807, 2.05) is 0 Å². The number of non-ortho nitro benzene ring substituents is 1. The zero-order chi connectivity index (χ0) is 21.9. The molecule has 1 N–H and O–H groups in total. The van der Waals surface area contributed by atoms with Gasteiger partial charge in [0.25, 0.3) is 5.69 Å². The predicted molar refractivity (Wildman–Crippen MR) is 129 cm³/mol. The quantitative estimate of drug-likeness (QED) is 0.277. The lowest BCUT2D eigenvalue weighted by Crippen LogP contribution is -2.20. The van der Waals surface area contributed by atoms with E-state index >= 15 is 0 Å². The van der Waals surface area contributed by atoms with Crippen LogP contribution in [0.1, 0.15) is 5.56 Å². The minimum absolute atomic E-state index is 0.0673. The van der Waals surface area contributed by atoms with Crippen molar-refractivity contribution in [2.45, 2.75) is 6.42 Å². The molecule has 0 heterocycles. The Morgan fingerprint density at radius 3 is 1.35 bits per heavy atom. The Balaban J connectivity index is 0.000000196. The van der Waals surface area contributed by atoms with Crippen molar-refractivity contribution in [1.29, 1.82) is 0 Å². The molecule has 0 radical (unpaired) electrons. The van der Waals surface area contributed by atoms with E-state index in [1.54, 1.807) is 12.1 Å². The fourth-order valence-corrected chi connectivity index (χ4v) is 5.40. The first-order valence-electron chi connectivity index (χ1n) is 9.98. The Hall–Kier alpha value is -3.33. The second kappa shape index (κ2) is 11.8. The number of hydrogen-bond acceptors (Lipinski definition) is 3. The molecule has 4 aromatic carbocycles. The molecular weight excluding hydrogens is 405 g/mol. The van der Waals surface area contributed by atoms with Crippen LogP contribution < -0.4 is 15.9 Å². The Labute approximate surface area is 183 Å². The normalized spacial score (nSPS) is 10.3. The Morgan fingerprint density at radius 1 is 0.645 bits per heavy atom. The topological polar surface area (TPSA) is 63.4 Å². The molecule has 4 rings (SSSR count). The summed E-state index contributed by atoms with van der Waals surface area (Å²) in [5.41, 5.74) is 0.986. The summed E-state index contributed by atoms with van der Waals surface area (Å²) >= 11 is 0. The zero-order valence-corrected chi connectivity index (χ0v) is 17.9. The van der Waals surface area contributed by atoms with Gasteiger partial charge in [-0.15, -0.1) is 0 Å². The molecule has 0 fully saturated rings. The van der Waals surface area contributed by atoms with Gasteiger partial charge in [0.15, 0.2) is 0 Å². The number of nitrogens with zero attached hydrogens (tertiary/aromatic N) is 1. The van der Waals surface area contributed by atoms with Gasteiger partial charge in [0.1, 0.15) is 0 Å². The Morgan fingerprint density at radius 2 is 1.03 bits per heavy atom. The van der Waals surface area contributed by atoms with Crippen LogP contribution in [0.25, 0.3) is 0 Å². The summed E-state index contributed by atoms with van der Waals surface area (Å²) in [7, 11) is -0.446. The number of nitro benzene ring substituents is 1. The van der Waals surface area contributed by atoms with Gasteiger partial charge in [0, 0.05) is 18.7 Å². The summed E-state index contributed by atoms with van der Waals surface area (Å²) in [6, 6.07) is 38.5. The molecule has 0 unspecified atom stereocenters. The molecular formula is C26H24NO3P. The minimum atomic E-state index is -0.446. The molecule has 0 saturated carbocycles. The molecule has 0 spiro atoms. The van der Waals surface area contributed by atoms with Crippen molar-refractivity contribution in [3.05, 3.63) is 131 Å². The van der Waals surface area contributed by atoms with Crippen LogP contribution in [0.4, 0.5) is 5.69 Å². The van der Waals surface area contributed by atoms with Crippen LogP contribution in [0.3, 0.4) is 0 Å². The zero-order valence-electron chi connectivity index (χ0n) is 17.0. The van der Waals surface area contributed by atoms with Crippen molar-refractivity contribution >= 4 is 29.5 Å². The Bertz CT molecular complexity index is 962. The van der Waals surface area contributed by atoms with Crippen molar-refractivity contribution in [3.8, 4) is 0 Å². The van der Waals surface area contributed by atoms with Crippen LogP contribution in [-0.2, 0) is 6.42 Å². The van der Waals surface area contributed by atoms with E-state index in [0.29, 0.717) is 6.42 Å². The number of aliphatic hydroxyl groups is 1. The molecule has 0 amide bonds. The van der Waals surface area contributed by atoms with E-state index in [0.717, 1.165) is 5.56 Å². The molecule has 0 aliphatic heterocycles. The van der Waals surface area contributed by atoms with Gasteiger partial charge < -0.3 is 5.11 Å². The smallest absolute Gasteiger partial charge is 0.269 e. The predicted octanol–water partition coefficient (Wildman–Crippen LogP) is 4.57. The van der Waals surface area contributed by atoms with E-state index < -0.39 is 12.8 Å². The van der Waals surface area contributed by atoms with Crippen molar-refractivity contribution in [2.75, 3.05) is 6.61 Å². The van der Waals surface area contributed by atoms with Crippen molar-refractivity contribution in [2.24, 2.45) is 0 Å². The number of aliphatic hydroxyl groups excluding tert-OH is 1. The summed E-state index contributed by atoms with van der Waals surface area (Å²) in [5.74, 6) is 0. The van der Waals surface area contributed by atoms with Gasteiger partial charge in [-0.1, -0.05) is 103 Å². The first-order chi connectivity index (χ1) is 15.2. The first kappa shape index (κ1) is 22.4. The van der Waals surface area contributed by atoms with Gasteiger partial charge in [0.05, 0.1) is 4.92 Å². The van der Waals surface area contributed by atoms with E-state index in [4.69, 9.17) is 5.11 Å². The third-order valence-corrected chi connectivity index (χ3v) is 7.03. The van der Waals surface area contributed by atoms with E-state index in [9.17, 15) is 10.1 Å². The van der Waals surface area contributed by atoms with Crippen LogP contribution in [0, 0.1) is 10.1 Å². The summed E-state index contributed by atoms with van der Waals surface area (Å²) in [5, 5.41) is 23.0. The molecule has 0 aliphatic rings. The molecule has 4 aromatic rings. The van der Waals surface area contributed by atoms with Gasteiger partial charge in [-0.25, -0.2) is 0 Å². The maximum absolute atomic E-state index is 10.2. The number of hydrogen-bond donors (Lipinski definition) is 1. The molecule has 0 bridgehead atoms. The van der Waals surface area contributed by atoms with Gasteiger partial charge in [-0.3, -0.25) is 10.1 Å². The monoisotopic (exact) mass is 429 g/mol. The van der Waals surface area contributed by atoms with Crippen molar-refractivity contribution < 1.29 is 10.0 Å². The summed E-state index contributed by atoms with van der Waals surface area (Å²) in [6.07, 6.45) is 0.540. The van der Waals surface area contributed by atoms with Crippen LogP contribution in [0.5, 0.6) is 0 Å². The molecule has 0 aliphatic carbocycles. The summed E-state index contributed by atoms with van der Waals surface area (Å²) in [6.45, 7) is 0.0673. The lowest BCUT2D eigenvalue weighted by molar-refractivity contribution is -0.384. The number of benzene rings is 4. The largest absolute Gasteiger partial charge is 0.396 e. The Kier molecular flexibility index (Phi) is 8.48. The highest BCUT2D eigenvalue weighted by atomic mass is 31.1. The highest BCUT2D eigenvalue weighted by Gasteiger charge is 2.15. The van der Waals surface area contributed by atoms with Gasteiger partial charge in [0.2, 0.25) is 0 Å². The summed E-state index contributed by atoms with van der Waals surface area (Å²) in [4.78, 5) is 9.78. The van der Waals surface area contributed by atoms with Crippen molar-refractivity contribution in [1.82, 2.24) is 0 Å². The fraction of sp³-hybridized carbons (Fsp3) is 0.0769. The van der Waals surface area contributed by atoms with Crippen LogP contribution in [-0.4, -0.2) is 16.6 Å². The lowest BCUT2D eigenvalue weighted by atomic mass is 10.1. The molecule has 0 aromatic heterocycles. The third kappa shape index (κ3) is 6.58. The average molecular weight is 429 g/mol. The fourth-order valence-electron chi connectivity index (χ4n) is 3.09. The second-order valence-corrected chi connectivity index (χ2v) is 8.96. The van der Waals surface area contributed by atoms with Gasteiger partial charge in [-0.2, -0.15) is 0 Å². The highest BCUT2D eigenvalue weighted by Crippen LogP contribution is 2.32. The van der Waals surface area contributed by atoms with E-state index in [1.165, 1.54) is 28.0 Å². The third-order valence-electron chi connectivity index (χ3n) is 4.59. The molecule has 156 valence electrons. The molecule has 0 saturated heterocycles. The van der Waals surface area contributed by atoms with Crippen LogP contribution in [0.2, 0.25) is 0 Å². The maximum Gasteiger partial charge on any atom is 0.269 e. The lowest BCUT2D eigenvalue weighted by Gasteiger charge is -2.18. The van der Waals surface area contributed by atoms with Crippen LogP contribution >= 0.6 is 7.92 Å². The van der Waals surface area contributed by atoms with E-state index in [-0.39, 0.29) is 12.3 Å². The highest BCUT2D eigenvalue weighted by molar-refractivity contribution is 7.79. The maximum atomic E-state index is 10.2. The molecule has 5 heteroatoms. The molecule has 4 nitrogen and oxygen atoms in total.